The SMILES string of the molecule is Cc1ccc(NC(=O)c2ccc(CN(C)C)cc2)cc1Nc1nc(-c2nccc(N(OC(C)(C)C)C(=O)OC(C)(C)C)n2)cs1. The molecule has 2 amide bonds. The molecule has 238 valence electrons. The van der Waals surface area contributed by atoms with Crippen LogP contribution in [0.5, 0.6) is 0 Å². The Morgan fingerprint density at radius 3 is 2.29 bits per heavy atom. The molecule has 2 N–H and O–H groups in total. The van der Waals surface area contributed by atoms with Crippen LogP contribution in [0.15, 0.2) is 60.1 Å². The third-order valence-corrected chi connectivity index (χ3v) is 6.72. The Bertz CT molecular complexity index is 1640. The van der Waals surface area contributed by atoms with Gasteiger partial charge in [0.15, 0.2) is 16.8 Å². The van der Waals surface area contributed by atoms with Gasteiger partial charge in [-0.25, -0.2) is 19.7 Å². The van der Waals surface area contributed by atoms with Crippen molar-refractivity contribution in [2.24, 2.45) is 0 Å². The highest BCUT2D eigenvalue weighted by Gasteiger charge is 2.30. The lowest BCUT2D eigenvalue weighted by Crippen LogP contribution is -2.42. The van der Waals surface area contributed by atoms with E-state index in [1.807, 2.05) is 89.6 Å². The topological polar surface area (TPSA) is 122 Å². The van der Waals surface area contributed by atoms with Crippen LogP contribution in [0.25, 0.3) is 11.5 Å². The first-order valence-corrected chi connectivity index (χ1v) is 15.4. The van der Waals surface area contributed by atoms with Crippen LogP contribution in [0.4, 0.5) is 27.1 Å². The van der Waals surface area contributed by atoms with Crippen LogP contribution in [-0.2, 0) is 16.1 Å². The third kappa shape index (κ3) is 9.80. The number of thiazole rings is 1. The summed E-state index contributed by atoms with van der Waals surface area (Å²) in [5.41, 5.74) is 3.24. The van der Waals surface area contributed by atoms with E-state index in [4.69, 9.17) is 9.57 Å². The molecule has 0 aliphatic heterocycles. The molecule has 0 fully saturated rings. The van der Waals surface area contributed by atoms with Gasteiger partial charge in [0.25, 0.3) is 5.91 Å². The molecule has 2 aromatic heterocycles. The molecule has 12 heteroatoms. The maximum Gasteiger partial charge on any atom is 0.440 e. The maximum absolute atomic E-state index is 13.0. The quantitative estimate of drug-likeness (QED) is 0.182. The summed E-state index contributed by atoms with van der Waals surface area (Å²) in [4.78, 5) is 47.5. The van der Waals surface area contributed by atoms with Gasteiger partial charge in [0.1, 0.15) is 11.3 Å². The van der Waals surface area contributed by atoms with E-state index in [0.29, 0.717) is 27.9 Å². The lowest BCUT2D eigenvalue weighted by atomic mass is 10.1. The Morgan fingerprint density at radius 2 is 1.64 bits per heavy atom. The van der Waals surface area contributed by atoms with Crippen molar-refractivity contribution in [1.82, 2.24) is 19.9 Å². The second-order valence-electron chi connectivity index (χ2n) is 12.8. The molecule has 0 saturated heterocycles. The van der Waals surface area contributed by atoms with Gasteiger partial charge in [-0.3, -0.25) is 9.63 Å². The number of carbonyl (C=O) groups excluding carboxylic acids is 2. The number of benzene rings is 2. The van der Waals surface area contributed by atoms with Crippen molar-refractivity contribution in [2.75, 3.05) is 29.8 Å². The number of hydrogen-bond donors (Lipinski definition) is 2. The van der Waals surface area contributed by atoms with Gasteiger partial charge in [-0.15, -0.1) is 16.4 Å². The van der Waals surface area contributed by atoms with E-state index in [-0.39, 0.29) is 11.7 Å². The molecule has 0 saturated carbocycles. The first-order chi connectivity index (χ1) is 21.1. The number of hydroxylamine groups is 1. The van der Waals surface area contributed by atoms with Crippen molar-refractivity contribution in [3.05, 3.63) is 76.8 Å². The summed E-state index contributed by atoms with van der Waals surface area (Å²) in [7, 11) is 4.01. The normalized spacial score (nSPS) is 11.8. The lowest BCUT2D eigenvalue weighted by molar-refractivity contribution is -0.0364. The highest BCUT2D eigenvalue weighted by atomic mass is 32.1. The molecular formula is C33H41N7O4S. The summed E-state index contributed by atoms with van der Waals surface area (Å²) in [5, 5.41) is 9.80. The minimum atomic E-state index is -0.725. The van der Waals surface area contributed by atoms with Crippen LogP contribution in [0.3, 0.4) is 0 Å². The third-order valence-electron chi connectivity index (χ3n) is 5.96. The molecule has 0 aliphatic carbocycles. The molecular weight excluding hydrogens is 590 g/mol. The van der Waals surface area contributed by atoms with Crippen molar-refractivity contribution in [2.45, 2.75) is 66.2 Å². The molecule has 0 aliphatic rings. The Morgan fingerprint density at radius 1 is 0.933 bits per heavy atom. The van der Waals surface area contributed by atoms with E-state index in [0.717, 1.165) is 28.4 Å². The number of aromatic nitrogens is 3. The van der Waals surface area contributed by atoms with Crippen LogP contribution >= 0.6 is 11.3 Å². The predicted octanol–water partition coefficient (Wildman–Crippen LogP) is 7.44. The molecule has 4 rings (SSSR count). The van der Waals surface area contributed by atoms with Crippen molar-refractivity contribution >= 4 is 45.7 Å². The zero-order valence-electron chi connectivity index (χ0n) is 27.3. The average Bonchev–Trinajstić information content (AvgIpc) is 3.41. The van der Waals surface area contributed by atoms with Gasteiger partial charge >= 0.3 is 6.09 Å². The summed E-state index contributed by atoms with van der Waals surface area (Å²) >= 11 is 1.38. The smallest absolute Gasteiger partial charge is 0.440 e. The van der Waals surface area contributed by atoms with E-state index >= 15 is 0 Å². The molecule has 0 bridgehead atoms. The second-order valence-corrected chi connectivity index (χ2v) is 13.7. The molecule has 0 spiro atoms. The Labute approximate surface area is 268 Å². The first-order valence-electron chi connectivity index (χ1n) is 14.5. The fourth-order valence-electron chi connectivity index (χ4n) is 4.05. The molecule has 11 nitrogen and oxygen atoms in total. The van der Waals surface area contributed by atoms with Gasteiger partial charge in [-0.2, -0.15) is 0 Å². The van der Waals surface area contributed by atoms with Crippen LogP contribution in [0.1, 0.15) is 63.0 Å². The van der Waals surface area contributed by atoms with E-state index in [1.165, 1.54) is 11.3 Å². The summed E-state index contributed by atoms with van der Waals surface area (Å²) < 4.78 is 5.55. The van der Waals surface area contributed by atoms with Gasteiger partial charge in [-0.05, 0) is 98.0 Å². The lowest BCUT2D eigenvalue weighted by Gasteiger charge is -2.30. The maximum atomic E-state index is 13.0. The fraction of sp³-hybridized carbons (Fsp3) is 0.364. The van der Waals surface area contributed by atoms with Crippen molar-refractivity contribution in [3.63, 3.8) is 0 Å². The molecule has 2 aromatic carbocycles. The van der Waals surface area contributed by atoms with Crippen LogP contribution < -0.4 is 15.7 Å². The molecule has 0 atom stereocenters. The number of nitrogens with zero attached hydrogens (tertiary/aromatic N) is 5. The van der Waals surface area contributed by atoms with E-state index in [2.05, 4.69) is 30.5 Å². The number of aryl methyl sites for hydroxylation is 1. The minimum absolute atomic E-state index is 0.189. The summed E-state index contributed by atoms with van der Waals surface area (Å²) in [6, 6.07) is 14.8. The average molecular weight is 632 g/mol. The number of anilines is 4. The highest BCUT2D eigenvalue weighted by Crippen LogP contribution is 2.30. The van der Waals surface area contributed by atoms with E-state index in [1.54, 1.807) is 33.0 Å². The first kappa shape index (κ1) is 33.5. The largest absolute Gasteiger partial charge is 0.442 e. The zero-order valence-corrected chi connectivity index (χ0v) is 28.1. The Hall–Kier alpha value is -4.39. The summed E-state index contributed by atoms with van der Waals surface area (Å²) in [6.07, 6.45) is 0.853. The number of nitrogens with one attached hydrogen (secondary N) is 2. The summed E-state index contributed by atoms with van der Waals surface area (Å²) in [6.45, 7) is 13.6. The second kappa shape index (κ2) is 13.7. The monoisotopic (exact) mass is 631 g/mol. The van der Waals surface area contributed by atoms with Crippen molar-refractivity contribution in [3.8, 4) is 11.5 Å². The zero-order chi connectivity index (χ0) is 32.9. The van der Waals surface area contributed by atoms with E-state index < -0.39 is 17.3 Å². The highest BCUT2D eigenvalue weighted by molar-refractivity contribution is 7.14. The standard InChI is InChI=1S/C33H41N7O4S/c1-21-10-15-24(35-29(41)23-13-11-22(12-14-23)19-39(8)9)18-25(21)36-30-37-26(20-45-30)28-34-17-16-27(38-28)40(44-33(5,6)7)31(42)43-32(2,3)4/h10-18,20H,19H2,1-9H3,(H,35,41)(H,36,37). The van der Waals surface area contributed by atoms with Gasteiger partial charge < -0.3 is 20.3 Å². The van der Waals surface area contributed by atoms with Gasteiger partial charge in [-0.1, -0.05) is 18.2 Å². The van der Waals surface area contributed by atoms with Crippen LogP contribution in [0, 0.1) is 6.92 Å². The molecule has 2 heterocycles. The number of carbonyl (C=O) groups is 2. The Balaban J connectivity index is 1.50. The fourth-order valence-corrected chi connectivity index (χ4v) is 4.76. The number of ether oxygens (including phenoxy) is 1. The number of rotatable bonds is 9. The van der Waals surface area contributed by atoms with Gasteiger partial charge in [0, 0.05) is 41.1 Å². The van der Waals surface area contributed by atoms with Crippen LogP contribution in [0.2, 0.25) is 0 Å². The van der Waals surface area contributed by atoms with Crippen molar-refractivity contribution < 1.29 is 19.2 Å². The predicted molar refractivity (Wildman–Crippen MR) is 179 cm³/mol. The van der Waals surface area contributed by atoms with Gasteiger partial charge in [0.05, 0.1) is 5.60 Å². The molecule has 0 unspecified atom stereocenters. The minimum Gasteiger partial charge on any atom is -0.442 e. The number of amides is 2. The molecule has 0 radical (unpaired) electrons. The van der Waals surface area contributed by atoms with Gasteiger partial charge in [0.2, 0.25) is 0 Å². The molecule has 4 aromatic rings. The number of hydrogen-bond acceptors (Lipinski definition) is 10. The van der Waals surface area contributed by atoms with Crippen LogP contribution in [-0.4, -0.2) is 57.1 Å². The summed E-state index contributed by atoms with van der Waals surface area (Å²) in [5.74, 6) is 0.348. The van der Waals surface area contributed by atoms with E-state index in [9.17, 15) is 9.59 Å². The molecule has 45 heavy (non-hydrogen) atoms. The Kier molecular flexibility index (Phi) is 10.2. The van der Waals surface area contributed by atoms with Crippen molar-refractivity contribution in [1.29, 1.82) is 0 Å².